The van der Waals surface area contributed by atoms with E-state index in [0.717, 1.165) is 0 Å². The molecule has 1 heterocycles. The summed E-state index contributed by atoms with van der Waals surface area (Å²) < 4.78 is 2.74. The molecule has 0 saturated carbocycles. The summed E-state index contributed by atoms with van der Waals surface area (Å²) in [7, 11) is 0. The summed E-state index contributed by atoms with van der Waals surface area (Å²) in [5.74, 6) is 0. The summed E-state index contributed by atoms with van der Waals surface area (Å²) in [5.41, 5.74) is 5.11. The fourth-order valence-electron chi connectivity index (χ4n) is 8.18. The Kier molecular flexibility index (Phi) is 4.55. The van der Waals surface area contributed by atoms with E-state index in [4.69, 9.17) is 0 Å². The minimum atomic E-state index is 1.26. The molecule has 1 heteroatoms. The number of benzene rings is 10. The van der Waals surface area contributed by atoms with E-state index >= 15 is 0 Å². The maximum absolute atomic E-state index is 2.37. The molecular formula is C44H24S. The first-order valence-corrected chi connectivity index (χ1v) is 16.4. The second-order valence-corrected chi connectivity index (χ2v) is 13.5. The first-order valence-electron chi connectivity index (χ1n) is 15.6. The van der Waals surface area contributed by atoms with Crippen LogP contribution >= 0.6 is 11.3 Å². The third-order valence-electron chi connectivity index (χ3n) is 10.2. The van der Waals surface area contributed by atoms with Gasteiger partial charge in [0.1, 0.15) is 0 Å². The molecule has 11 rings (SSSR count). The molecule has 0 nitrogen and oxygen atoms in total. The second-order valence-electron chi connectivity index (χ2n) is 12.4. The van der Waals surface area contributed by atoms with E-state index in [0.29, 0.717) is 0 Å². The number of thiophene rings is 1. The van der Waals surface area contributed by atoms with Crippen LogP contribution < -0.4 is 0 Å². The second kappa shape index (κ2) is 8.57. The van der Waals surface area contributed by atoms with Crippen LogP contribution in [0.3, 0.4) is 0 Å². The van der Waals surface area contributed by atoms with Crippen molar-refractivity contribution in [2.24, 2.45) is 0 Å². The van der Waals surface area contributed by atoms with Crippen molar-refractivity contribution in [3.05, 3.63) is 146 Å². The van der Waals surface area contributed by atoms with Gasteiger partial charge in [0.25, 0.3) is 0 Å². The normalized spacial score (nSPS) is 12.4. The Morgan fingerprint density at radius 2 is 0.778 bits per heavy atom. The Morgan fingerprint density at radius 3 is 1.51 bits per heavy atom. The molecule has 0 aliphatic rings. The highest BCUT2D eigenvalue weighted by Crippen LogP contribution is 2.45. The maximum atomic E-state index is 2.37. The highest BCUT2D eigenvalue weighted by molar-refractivity contribution is 7.26. The van der Waals surface area contributed by atoms with Gasteiger partial charge < -0.3 is 0 Å². The van der Waals surface area contributed by atoms with Gasteiger partial charge in [-0.15, -0.1) is 11.3 Å². The van der Waals surface area contributed by atoms with Crippen LogP contribution in [0, 0.1) is 0 Å². The molecule has 0 atom stereocenters. The zero-order chi connectivity index (χ0) is 29.2. The molecule has 11 aromatic rings. The molecule has 0 N–H and O–H groups in total. The fraction of sp³-hybridized carbons (Fsp3) is 0. The molecule has 10 aromatic carbocycles. The zero-order valence-corrected chi connectivity index (χ0v) is 25.1. The van der Waals surface area contributed by atoms with E-state index in [-0.39, 0.29) is 0 Å². The molecule has 0 fully saturated rings. The van der Waals surface area contributed by atoms with E-state index in [9.17, 15) is 0 Å². The van der Waals surface area contributed by atoms with Crippen molar-refractivity contribution in [1.82, 2.24) is 0 Å². The molecule has 206 valence electrons. The van der Waals surface area contributed by atoms with Crippen LogP contribution in [-0.2, 0) is 0 Å². The van der Waals surface area contributed by atoms with Crippen molar-refractivity contribution >= 4 is 96.1 Å². The summed E-state index contributed by atoms with van der Waals surface area (Å²) >= 11 is 1.90. The van der Waals surface area contributed by atoms with Gasteiger partial charge in [0.05, 0.1) is 0 Å². The molecule has 1 aromatic heterocycles. The zero-order valence-electron chi connectivity index (χ0n) is 24.3. The highest BCUT2D eigenvalue weighted by Gasteiger charge is 2.17. The minimum Gasteiger partial charge on any atom is -0.135 e. The van der Waals surface area contributed by atoms with E-state index in [1.165, 1.54) is 107 Å². The first kappa shape index (κ1) is 23.9. The summed E-state index contributed by atoms with van der Waals surface area (Å²) in [6.07, 6.45) is 0. The predicted molar refractivity (Wildman–Crippen MR) is 198 cm³/mol. The molecular weight excluding hydrogens is 561 g/mol. The number of hydrogen-bond donors (Lipinski definition) is 0. The van der Waals surface area contributed by atoms with Gasteiger partial charge in [0.2, 0.25) is 0 Å². The topological polar surface area (TPSA) is 0 Å². The summed E-state index contributed by atoms with van der Waals surface area (Å²) in [4.78, 5) is 0. The summed E-state index contributed by atoms with van der Waals surface area (Å²) in [6, 6.07) is 54.7. The van der Waals surface area contributed by atoms with Gasteiger partial charge >= 0.3 is 0 Å². The van der Waals surface area contributed by atoms with Crippen molar-refractivity contribution in [1.29, 1.82) is 0 Å². The highest BCUT2D eigenvalue weighted by atomic mass is 32.1. The molecule has 0 aliphatic heterocycles. The average Bonchev–Trinajstić information content (AvgIpc) is 3.49. The molecule has 0 radical (unpaired) electrons. The molecule has 0 bridgehead atoms. The van der Waals surface area contributed by atoms with Crippen LogP contribution in [0.1, 0.15) is 0 Å². The Labute approximate surface area is 263 Å². The lowest BCUT2D eigenvalue weighted by atomic mass is 9.87. The number of hydrogen-bond acceptors (Lipinski definition) is 1. The lowest BCUT2D eigenvalue weighted by Crippen LogP contribution is -1.89. The Bertz CT molecular complexity index is 2930. The van der Waals surface area contributed by atoms with Crippen LogP contribution in [0.5, 0.6) is 0 Å². The van der Waals surface area contributed by atoms with Crippen molar-refractivity contribution in [2.75, 3.05) is 0 Å². The van der Waals surface area contributed by atoms with E-state index in [1.54, 1.807) is 0 Å². The van der Waals surface area contributed by atoms with E-state index < -0.39 is 0 Å². The van der Waals surface area contributed by atoms with Crippen LogP contribution in [0.15, 0.2) is 146 Å². The Morgan fingerprint density at radius 1 is 0.289 bits per heavy atom. The van der Waals surface area contributed by atoms with Crippen LogP contribution in [0.4, 0.5) is 0 Å². The molecule has 0 aliphatic carbocycles. The molecule has 45 heavy (non-hydrogen) atoms. The van der Waals surface area contributed by atoms with Gasteiger partial charge in [-0.25, -0.2) is 0 Å². The maximum Gasteiger partial charge on any atom is 0.0362 e. The van der Waals surface area contributed by atoms with Gasteiger partial charge in [-0.05, 0) is 111 Å². The predicted octanol–water partition coefficient (Wildman–Crippen LogP) is 13.2. The molecule has 0 amide bonds. The van der Waals surface area contributed by atoms with Crippen LogP contribution in [0.2, 0.25) is 0 Å². The van der Waals surface area contributed by atoms with Gasteiger partial charge in [-0.1, -0.05) is 121 Å². The standard InChI is InChI=1S/C44H24S/c1-5-25-6-2-9-35-38-20-19-31(33-10-4-11-36(43(33)38)34(8-1)41(25)35)29-15-13-28-24-30(16-14-27(28)23-29)32-21-22-40-44-37(32)18-17-26-7-3-12-39(45-40)42(26)44/h1-24H. The molecule has 0 saturated heterocycles. The van der Waals surface area contributed by atoms with Crippen LogP contribution in [-0.4, -0.2) is 0 Å². The van der Waals surface area contributed by atoms with E-state index in [1.807, 2.05) is 11.3 Å². The quantitative estimate of drug-likeness (QED) is 0.140. The van der Waals surface area contributed by atoms with Crippen molar-refractivity contribution < 1.29 is 0 Å². The lowest BCUT2D eigenvalue weighted by Gasteiger charge is -2.17. The Hall–Kier alpha value is -5.50. The Balaban J connectivity index is 1.09. The number of rotatable bonds is 2. The van der Waals surface area contributed by atoms with Crippen molar-refractivity contribution in [3.63, 3.8) is 0 Å². The smallest absolute Gasteiger partial charge is 0.0362 e. The van der Waals surface area contributed by atoms with Crippen molar-refractivity contribution in [3.8, 4) is 22.3 Å². The van der Waals surface area contributed by atoms with Crippen LogP contribution in [0.25, 0.3) is 107 Å². The van der Waals surface area contributed by atoms with Gasteiger partial charge in [-0.3, -0.25) is 0 Å². The first-order chi connectivity index (χ1) is 22.3. The lowest BCUT2D eigenvalue weighted by molar-refractivity contribution is 1.68. The summed E-state index contributed by atoms with van der Waals surface area (Å²) in [5, 5.41) is 18.7. The molecule has 0 unspecified atom stereocenters. The largest absolute Gasteiger partial charge is 0.135 e. The third-order valence-corrected chi connectivity index (χ3v) is 11.3. The fourth-order valence-corrected chi connectivity index (χ4v) is 9.33. The SMILES string of the molecule is c1cc2ccc3c(-c4ccc5cc(-c6ccc7c8cccc9cccc(c%10cccc6c%107)c98)ccc5c4)ccc4sc(c1)c2c43. The summed E-state index contributed by atoms with van der Waals surface area (Å²) in [6.45, 7) is 0. The molecule has 0 spiro atoms. The monoisotopic (exact) mass is 584 g/mol. The van der Waals surface area contributed by atoms with Gasteiger partial charge in [0.15, 0.2) is 0 Å². The van der Waals surface area contributed by atoms with Gasteiger partial charge in [0, 0.05) is 20.2 Å². The van der Waals surface area contributed by atoms with Gasteiger partial charge in [-0.2, -0.15) is 0 Å². The third kappa shape index (κ3) is 3.16. The number of fused-ring (bicyclic) bond motifs is 3. The average molecular weight is 585 g/mol. The minimum absolute atomic E-state index is 1.26. The van der Waals surface area contributed by atoms with Crippen molar-refractivity contribution in [2.45, 2.75) is 0 Å². The van der Waals surface area contributed by atoms with E-state index in [2.05, 4.69) is 146 Å².